The summed E-state index contributed by atoms with van der Waals surface area (Å²) in [5.74, 6) is -0.811. The maximum Gasteiger partial charge on any atom is 0.416 e. The van der Waals surface area contributed by atoms with E-state index in [2.05, 4.69) is 14.9 Å². The molecule has 10 heteroatoms. The average molecular weight is 355 g/mol. The van der Waals surface area contributed by atoms with Crippen LogP contribution in [0.25, 0.3) is 11.0 Å². The van der Waals surface area contributed by atoms with Gasteiger partial charge in [-0.15, -0.1) is 0 Å². The third-order valence-corrected chi connectivity index (χ3v) is 3.70. The topological polar surface area (TPSA) is 82.1 Å². The number of rotatable bonds is 4. The number of nitro benzene ring substituents is 1. The van der Waals surface area contributed by atoms with Gasteiger partial charge in [0.2, 0.25) is 5.52 Å². The van der Waals surface area contributed by atoms with E-state index < -0.39 is 22.5 Å². The lowest BCUT2D eigenvalue weighted by atomic mass is 9.98. The summed E-state index contributed by atoms with van der Waals surface area (Å²) in [6.45, 7) is 0. The van der Waals surface area contributed by atoms with Crippen molar-refractivity contribution in [2.45, 2.75) is 19.0 Å². The Morgan fingerprint density at radius 2 is 1.80 bits per heavy atom. The minimum absolute atomic E-state index is 0.0854. The van der Waals surface area contributed by atoms with Gasteiger partial charge in [0.25, 0.3) is 0 Å². The van der Waals surface area contributed by atoms with Gasteiger partial charge in [-0.3, -0.25) is 10.1 Å². The lowest BCUT2D eigenvalue weighted by Crippen LogP contribution is -2.10. The van der Waals surface area contributed by atoms with Crippen LogP contribution in [0.15, 0.2) is 35.0 Å². The van der Waals surface area contributed by atoms with Crippen LogP contribution in [0.2, 0.25) is 0 Å². The van der Waals surface area contributed by atoms with Crippen LogP contribution in [-0.2, 0) is 19.0 Å². The molecule has 0 aliphatic rings. The van der Waals surface area contributed by atoms with E-state index in [-0.39, 0.29) is 40.7 Å². The molecule has 0 fully saturated rings. The number of benzene rings is 2. The maximum atomic E-state index is 13.3. The summed E-state index contributed by atoms with van der Waals surface area (Å²) in [5.41, 5.74) is -1.40. The first kappa shape index (κ1) is 16.8. The molecule has 3 aromatic rings. The fraction of sp³-hybridized carbons (Fsp3) is 0.200. The molecule has 25 heavy (non-hydrogen) atoms. The van der Waals surface area contributed by atoms with Crippen LogP contribution in [0.5, 0.6) is 0 Å². The van der Waals surface area contributed by atoms with Gasteiger partial charge < -0.3 is 0 Å². The summed E-state index contributed by atoms with van der Waals surface area (Å²) in [4.78, 5) is 10.6. The van der Waals surface area contributed by atoms with Gasteiger partial charge in [0, 0.05) is 5.56 Å². The minimum atomic E-state index is -4.64. The van der Waals surface area contributed by atoms with Crippen molar-refractivity contribution in [3.63, 3.8) is 0 Å². The molecule has 0 saturated heterocycles. The van der Waals surface area contributed by atoms with Crippen LogP contribution in [0.1, 0.15) is 16.7 Å². The normalized spacial score (nSPS) is 11.8. The number of aryl methyl sites for hydroxylation is 2. The summed E-state index contributed by atoms with van der Waals surface area (Å²) in [6, 6.07) is 4.96. The van der Waals surface area contributed by atoms with Crippen molar-refractivity contribution in [3.8, 4) is 0 Å². The zero-order valence-electron chi connectivity index (χ0n) is 12.4. The van der Waals surface area contributed by atoms with E-state index in [0.717, 1.165) is 12.1 Å². The number of fused-ring (bicyclic) bond motifs is 1. The van der Waals surface area contributed by atoms with Gasteiger partial charge >= 0.3 is 11.9 Å². The van der Waals surface area contributed by atoms with E-state index >= 15 is 0 Å². The number of hydrogen-bond donors (Lipinski definition) is 0. The molecular formula is C15H9F4N3O3. The van der Waals surface area contributed by atoms with Gasteiger partial charge in [0.1, 0.15) is 11.3 Å². The van der Waals surface area contributed by atoms with Crippen LogP contribution >= 0.6 is 0 Å². The fourth-order valence-electron chi connectivity index (χ4n) is 2.60. The predicted octanol–water partition coefficient (Wildman–Crippen LogP) is 4.07. The van der Waals surface area contributed by atoms with Gasteiger partial charge in [-0.1, -0.05) is 0 Å². The van der Waals surface area contributed by atoms with Gasteiger partial charge in [-0.25, -0.2) is 9.02 Å². The molecule has 0 N–H and O–H groups in total. The van der Waals surface area contributed by atoms with Crippen molar-refractivity contribution in [1.29, 1.82) is 0 Å². The fourth-order valence-corrected chi connectivity index (χ4v) is 2.60. The molecule has 0 spiro atoms. The SMILES string of the molecule is O=[N+]([O-])c1c(CCc2cc(F)ccc2C(F)(F)F)ccc2nonc12. The molecule has 0 amide bonds. The summed E-state index contributed by atoms with van der Waals surface area (Å²) < 4.78 is 56.8. The largest absolute Gasteiger partial charge is 0.416 e. The monoisotopic (exact) mass is 355 g/mol. The van der Waals surface area contributed by atoms with E-state index in [9.17, 15) is 27.7 Å². The van der Waals surface area contributed by atoms with Gasteiger partial charge in [-0.05, 0) is 59.1 Å². The Hall–Kier alpha value is -3.04. The highest BCUT2D eigenvalue weighted by Gasteiger charge is 2.33. The summed E-state index contributed by atoms with van der Waals surface area (Å²) in [5, 5.41) is 18.2. The quantitative estimate of drug-likeness (QED) is 0.400. The van der Waals surface area contributed by atoms with Crippen LogP contribution < -0.4 is 0 Å². The van der Waals surface area contributed by atoms with Crippen molar-refractivity contribution >= 4 is 16.7 Å². The molecule has 0 radical (unpaired) electrons. The molecule has 0 unspecified atom stereocenters. The number of aromatic nitrogens is 2. The zero-order chi connectivity index (χ0) is 18.2. The van der Waals surface area contributed by atoms with Crippen LogP contribution in [0, 0.1) is 15.9 Å². The molecule has 0 aliphatic heterocycles. The van der Waals surface area contributed by atoms with Crippen molar-refractivity contribution in [1.82, 2.24) is 10.3 Å². The number of nitrogens with zero attached hydrogens (tertiary/aromatic N) is 3. The highest BCUT2D eigenvalue weighted by Crippen LogP contribution is 2.34. The predicted molar refractivity (Wildman–Crippen MR) is 77.3 cm³/mol. The van der Waals surface area contributed by atoms with E-state index in [1.165, 1.54) is 12.1 Å². The van der Waals surface area contributed by atoms with Crippen LogP contribution in [-0.4, -0.2) is 15.2 Å². The van der Waals surface area contributed by atoms with Crippen molar-refractivity contribution < 1.29 is 27.1 Å². The number of hydrogen-bond acceptors (Lipinski definition) is 5. The summed E-state index contributed by atoms with van der Waals surface area (Å²) in [7, 11) is 0. The molecular weight excluding hydrogens is 346 g/mol. The standard InChI is InChI=1S/C15H9F4N3O3/c16-10-4-5-11(15(17,18)19)9(7-10)2-1-8-3-6-12-13(21-25-20-12)14(8)22(23)24/h3-7H,1-2H2. The van der Waals surface area contributed by atoms with Crippen LogP contribution in [0.4, 0.5) is 23.2 Å². The van der Waals surface area contributed by atoms with Crippen molar-refractivity contribution in [3.05, 3.63) is 63.0 Å². The number of halogens is 4. The molecule has 130 valence electrons. The molecule has 3 rings (SSSR count). The molecule has 1 aromatic heterocycles. The molecule has 0 atom stereocenters. The Morgan fingerprint density at radius 3 is 2.48 bits per heavy atom. The first-order valence-corrected chi connectivity index (χ1v) is 7.01. The summed E-state index contributed by atoms with van der Waals surface area (Å²) >= 11 is 0. The van der Waals surface area contributed by atoms with E-state index in [1.807, 2.05) is 0 Å². The highest BCUT2D eigenvalue weighted by atomic mass is 19.4. The molecule has 0 saturated carbocycles. The first-order valence-electron chi connectivity index (χ1n) is 7.01. The Labute approximate surface area is 137 Å². The summed E-state index contributed by atoms with van der Waals surface area (Å²) in [6.07, 6.45) is -4.98. The van der Waals surface area contributed by atoms with Crippen molar-refractivity contribution in [2.75, 3.05) is 0 Å². The number of nitro groups is 1. The first-order chi connectivity index (χ1) is 11.8. The second-order valence-electron chi connectivity index (χ2n) is 5.26. The smallest absolute Gasteiger partial charge is 0.258 e. The minimum Gasteiger partial charge on any atom is -0.258 e. The van der Waals surface area contributed by atoms with Crippen LogP contribution in [0.3, 0.4) is 0 Å². The number of alkyl halides is 3. The lowest BCUT2D eigenvalue weighted by Gasteiger charge is -2.13. The Kier molecular flexibility index (Phi) is 4.11. The maximum absolute atomic E-state index is 13.3. The van der Waals surface area contributed by atoms with E-state index in [4.69, 9.17) is 0 Å². The average Bonchev–Trinajstić information content (AvgIpc) is 2.99. The highest BCUT2D eigenvalue weighted by molar-refractivity contribution is 5.84. The Morgan fingerprint density at radius 1 is 1.08 bits per heavy atom. The Balaban J connectivity index is 1.98. The molecule has 0 bridgehead atoms. The zero-order valence-corrected chi connectivity index (χ0v) is 12.4. The second kappa shape index (κ2) is 6.11. The molecule has 1 heterocycles. The van der Waals surface area contributed by atoms with E-state index in [1.54, 1.807) is 0 Å². The third kappa shape index (κ3) is 3.28. The van der Waals surface area contributed by atoms with Gasteiger partial charge in [0.15, 0.2) is 0 Å². The third-order valence-electron chi connectivity index (χ3n) is 3.70. The van der Waals surface area contributed by atoms with Gasteiger partial charge in [-0.2, -0.15) is 13.2 Å². The lowest BCUT2D eigenvalue weighted by molar-refractivity contribution is -0.384. The Bertz CT molecular complexity index is 953. The second-order valence-corrected chi connectivity index (χ2v) is 5.26. The molecule has 2 aromatic carbocycles. The van der Waals surface area contributed by atoms with Gasteiger partial charge in [0.05, 0.1) is 10.5 Å². The van der Waals surface area contributed by atoms with E-state index in [0.29, 0.717) is 6.07 Å². The van der Waals surface area contributed by atoms with Crippen molar-refractivity contribution in [2.24, 2.45) is 0 Å². The molecule has 0 aliphatic carbocycles. The molecule has 6 nitrogen and oxygen atoms in total.